The molecule has 0 spiro atoms. The van der Waals surface area contributed by atoms with Crippen LogP contribution >= 0.6 is 12.4 Å². The molecule has 0 saturated carbocycles. The number of hydrogen-bond acceptors (Lipinski definition) is 5. The van der Waals surface area contributed by atoms with Crippen molar-refractivity contribution in [2.24, 2.45) is 5.92 Å². The molecule has 2 aromatic heterocycles. The van der Waals surface area contributed by atoms with Crippen LogP contribution < -0.4 is 10.1 Å². The monoisotopic (exact) mass is 440 g/mol. The van der Waals surface area contributed by atoms with E-state index in [1.54, 1.807) is 6.20 Å². The molecule has 0 aliphatic carbocycles. The first-order valence-electron chi connectivity index (χ1n) is 10.6. The van der Waals surface area contributed by atoms with Gasteiger partial charge in [-0.15, -0.1) is 12.4 Å². The summed E-state index contributed by atoms with van der Waals surface area (Å²) in [5.41, 5.74) is 3.74. The highest BCUT2D eigenvalue weighted by atomic mass is 35.5. The summed E-state index contributed by atoms with van der Waals surface area (Å²) in [6.45, 7) is 8.34. The van der Waals surface area contributed by atoms with Crippen molar-refractivity contribution >= 4 is 40.7 Å². The van der Waals surface area contributed by atoms with E-state index < -0.39 is 0 Å². The minimum atomic E-state index is 0. The predicted octanol–water partition coefficient (Wildman–Crippen LogP) is 5.37. The van der Waals surface area contributed by atoms with Gasteiger partial charge in [0.25, 0.3) is 5.91 Å². The molecule has 0 unspecified atom stereocenters. The molecule has 0 radical (unpaired) electrons. The van der Waals surface area contributed by atoms with Crippen LogP contribution in [0.2, 0.25) is 0 Å². The molecule has 1 saturated heterocycles. The van der Waals surface area contributed by atoms with Gasteiger partial charge < -0.3 is 15.0 Å². The number of anilines is 2. The van der Waals surface area contributed by atoms with E-state index in [1.165, 1.54) is 0 Å². The number of rotatable bonds is 5. The zero-order chi connectivity index (χ0) is 21.1. The summed E-state index contributed by atoms with van der Waals surface area (Å²) >= 11 is 0. The second kappa shape index (κ2) is 9.96. The Kier molecular flexibility index (Phi) is 7.33. The smallest absolute Gasteiger partial charge is 0.257 e. The molecule has 1 aliphatic heterocycles. The molecular weight excluding hydrogens is 412 g/mol. The average molecular weight is 441 g/mol. The van der Waals surface area contributed by atoms with Crippen LogP contribution in [0.15, 0.2) is 42.6 Å². The Bertz CT molecular complexity index is 1050. The highest BCUT2D eigenvalue weighted by molar-refractivity contribution is 6.07. The van der Waals surface area contributed by atoms with Gasteiger partial charge in [-0.25, -0.2) is 9.97 Å². The first-order valence-corrected chi connectivity index (χ1v) is 10.6. The maximum absolute atomic E-state index is 13.4. The Labute approximate surface area is 189 Å². The number of carbonyl (C=O) groups excluding carboxylic acids is 1. The second-order valence-corrected chi connectivity index (χ2v) is 7.93. The van der Waals surface area contributed by atoms with Gasteiger partial charge in [-0.05, 0) is 69.0 Å². The third-order valence-electron chi connectivity index (χ3n) is 5.60. The molecule has 1 amide bonds. The summed E-state index contributed by atoms with van der Waals surface area (Å²) in [7, 11) is 0. The van der Waals surface area contributed by atoms with E-state index in [0.717, 1.165) is 54.1 Å². The van der Waals surface area contributed by atoms with Crippen molar-refractivity contribution in [1.29, 1.82) is 0 Å². The molecule has 1 aliphatic rings. The van der Waals surface area contributed by atoms with E-state index >= 15 is 0 Å². The number of pyridine rings is 2. The lowest BCUT2D eigenvalue weighted by molar-refractivity contribution is 0.0698. The summed E-state index contributed by atoms with van der Waals surface area (Å²) in [5, 5.41) is 4.29. The largest absolute Gasteiger partial charge is 0.494 e. The first kappa shape index (κ1) is 22.8. The third-order valence-corrected chi connectivity index (χ3v) is 5.60. The van der Waals surface area contributed by atoms with Crippen molar-refractivity contribution in [3.05, 3.63) is 53.9 Å². The fraction of sp³-hybridized carbons (Fsp3) is 0.375. The average Bonchev–Trinajstić information content (AvgIpc) is 2.75. The highest BCUT2D eigenvalue weighted by Gasteiger charge is 2.25. The van der Waals surface area contributed by atoms with Crippen LogP contribution in [0, 0.1) is 12.8 Å². The van der Waals surface area contributed by atoms with Gasteiger partial charge in [0, 0.05) is 36.1 Å². The number of ether oxygens (including phenoxy) is 1. The van der Waals surface area contributed by atoms with E-state index in [-0.39, 0.29) is 18.3 Å². The predicted molar refractivity (Wildman–Crippen MR) is 127 cm³/mol. The summed E-state index contributed by atoms with van der Waals surface area (Å²) in [6.07, 6.45) is 3.73. The molecule has 0 bridgehead atoms. The zero-order valence-corrected chi connectivity index (χ0v) is 19.0. The number of likely N-dealkylation sites (tertiary alicyclic amines) is 1. The van der Waals surface area contributed by atoms with Gasteiger partial charge in [0.05, 0.1) is 17.9 Å². The Morgan fingerprint density at radius 3 is 2.55 bits per heavy atom. The SMILES string of the molecule is CCOc1ccc(Nc2c(C(=O)N3CCC(C)CC3)cnc3nc(C)ccc23)cc1.Cl. The Hall–Kier alpha value is -2.86. The molecule has 31 heavy (non-hydrogen) atoms. The van der Waals surface area contributed by atoms with Crippen molar-refractivity contribution in [2.75, 3.05) is 25.0 Å². The number of amides is 1. The molecule has 3 heterocycles. The summed E-state index contributed by atoms with van der Waals surface area (Å²) in [6, 6.07) is 11.7. The van der Waals surface area contributed by atoms with Crippen molar-refractivity contribution in [3.63, 3.8) is 0 Å². The summed E-state index contributed by atoms with van der Waals surface area (Å²) in [4.78, 5) is 24.3. The van der Waals surface area contributed by atoms with Crippen molar-refractivity contribution in [3.8, 4) is 5.75 Å². The second-order valence-electron chi connectivity index (χ2n) is 7.93. The molecule has 7 heteroatoms. The highest BCUT2D eigenvalue weighted by Crippen LogP contribution is 2.31. The molecular formula is C24H29ClN4O2. The molecule has 4 rings (SSSR count). The van der Waals surface area contributed by atoms with Gasteiger partial charge in [0.15, 0.2) is 5.65 Å². The fourth-order valence-corrected chi connectivity index (χ4v) is 3.80. The number of aromatic nitrogens is 2. The topological polar surface area (TPSA) is 67.3 Å². The van der Waals surface area contributed by atoms with Crippen LogP contribution in [-0.2, 0) is 0 Å². The fourth-order valence-electron chi connectivity index (χ4n) is 3.80. The Morgan fingerprint density at radius 1 is 1.16 bits per heavy atom. The summed E-state index contributed by atoms with van der Waals surface area (Å²) in [5.74, 6) is 1.50. The van der Waals surface area contributed by atoms with E-state index in [1.807, 2.05) is 55.1 Å². The number of piperidine rings is 1. The molecule has 3 aromatic rings. The van der Waals surface area contributed by atoms with E-state index in [4.69, 9.17) is 4.74 Å². The number of aryl methyl sites for hydroxylation is 1. The maximum Gasteiger partial charge on any atom is 0.257 e. The quantitative estimate of drug-likeness (QED) is 0.577. The van der Waals surface area contributed by atoms with Crippen LogP contribution in [0.25, 0.3) is 11.0 Å². The third kappa shape index (κ3) is 5.07. The lowest BCUT2D eigenvalue weighted by atomic mass is 9.98. The molecule has 1 fully saturated rings. The molecule has 1 N–H and O–H groups in total. The number of benzene rings is 1. The van der Waals surface area contributed by atoms with Gasteiger partial charge in [0.1, 0.15) is 5.75 Å². The van der Waals surface area contributed by atoms with Crippen LogP contribution in [0.4, 0.5) is 11.4 Å². The van der Waals surface area contributed by atoms with Gasteiger partial charge in [0.2, 0.25) is 0 Å². The van der Waals surface area contributed by atoms with Crippen molar-refractivity contribution in [2.45, 2.75) is 33.6 Å². The zero-order valence-electron chi connectivity index (χ0n) is 18.2. The number of nitrogens with one attached hydrogen (secondary N) is 1. The van der Waals surface area contributed by atoms with Crippen LogP contribution in [0.3, 0.4) is 0 Å². The van der Waals surface area contributed by atoms with E-state index in [9.17, 15) is 4.79 Å². The molecule has 6 nitrogen and oxygen atoms in total. The Balaban J connectivity index is 0.00000272. The minimum absolute atomic E-state index is 0. The lowest BCUT2D eigenvalue weighted by Gasteiger charge is -2.31. The van der Waals surface area contributed by atoms with Gasteiger partial charge in [-0.2, -0.15) is 0 Å². The number of nitrogens with zero attached hydrogens (tertiary/aromatic N) is 3. The minimum Gasteiger partial charge on any atom is -0.494 e. The first-order chi connectivity index (χ1) is 14.5. The number of halogens is 1. The number of carbonyl (C=O) groups is 1. The molecule has 0 atom stereocenters. The van der Waals surface area contributed by atoms with E-state index in [2.05, 4.69) is 22.2 Å². The van der Waals surface area contributed by atoms with Gasteiger partial charge >= 0.3 is 0 Å². The molecule has 1 aromatic carbocycles. The number of hydrogen-bond donors (Lipinski definition) is 1. The van der Waals surface area contributed by atoms with Gasteiger partial charge in [-0.3, -0.25) is 4.79 Å². The van der Waals surface area contributed by atoms with Crippen molar-refractivity contribution in [1.82, 2.24) is 14.9 Å². The van der Waals surface area contributed by atoms with Crippen LogP contribution in [0.1, 0.15) is 42.7 Å². The Morgan fingerprint density at radius 2 is 1.87 bits per heavy atom. The number of fused-ring (bicyclic) bond motifs is 1. The van der Waals surface area contributed by atoms with E-state index in [0.29, 0.717) is 23.7 Å². The maximum atomic E-state index is 13.4. The normalized spacial score (nSPS) is 14.2. The van der Waals surface area contributed by atoms with Crippen molar-refractivity contribution < 1.29 is 9.53 Å². The van der Waals surface area contributed by atoms with Crippen LogP contribution in [-0.4, -0.2) is 40.5 Å². The molecule has 164 valence electrons. The van der Waals surface area contributed by atoms with Crippen LogP contribution in [0.5, 0.6) is 5.75 Å². The summed E-state index contributed by atoms with van der Waals surface area (Å²) < 4.78 is 5.54. The van der Waals surface area contributed by atoms with Gasteiger partial charge in [-0.1, -0.05) is 6.92 Å². The lowest BCUT2D eigenvalue weighted by Crippen LogP contribution is -2.38. The standard InChI is InChI=1S/C24H28N4O2.ClH/c1-4-30-19-8-6-18(7-9-19)27-22-20-10-5-17(3)26-23(20)25-15-21(22)24(29)28-13-11-16(2)12-14-28;/h5-10,15-16H,4,11-14H2,1-3H3,(H,25,26,27);1H.